The molecule has 7 nitrogen and oxygen atoms in total. The normalized spacial score (nSPS) is 26.6. The first-order valence-electron chi connectivity index (χ1n) is 7.03. The minimum atomic E-state index is -0.542. The van der Waals surface area contributed by atoms with Gasteiger partial charge in [0.2, 0.25) is 0 Å². The molecule has 0 heterocycles. The molecule has 0 amide bonds. The van der Waals surface area contributed by atoms with Crippen molar-refractivity contribution in [1.82, 2.24) is 5.39 Å². The lowest BCUT2D eigenvalue weighted by Gasteiger charge is -2.20. The van der Waals surface area contributed by atoms with Crippen molar-refractivity contribution >= 4 is 5.78 Å². The fourth-order valence-electron chi connectivity index (χ4n) is 2.47. The Bertz CT molecular complexity index is 297. The highest BCUT2D eigenvalue weighted by Gasteiger charge is 2.41. The molecule has 2 N–H and O–H groups in total. The Morgan fingerprint density at radius 2 is 1.90 bits per heavy atom. The molecular weight excluding hydrogens is 266 g/mol. The predicted octanol–water partition coefficient (Wildman–Crippen LogP) is 1.42. The third-order valence-corrected chi connectivity index (χ3v) is 3.41. The summed E-state index contributed by atoms with van der Waals surface area (Å²) < 4.78 is 10.8. The Balaban J connectivity index is 2.52. The molecule has 1 rings (SSSR count). The van der Waals surface area contributed by atoms with E-state index in [1.54, 1.807) is 0 Å². The van der Waals surface area contributed by atoms with E-state index in [0.717, 1.165) is 0 Å². The van der Waals surface area contributed by atoms with Crippen LogP contribution in [0.15, 0.2) is 0 Å². The van der Waals surface area contributed by atoms with E-state index in [-0.39, 0.29) is 29.1 Å². The second-order valence-electron chi connectivity index (χ2n) is 5.23. The van der Waals surface area contributed by atoms with Crippen molar-refractivity contribution in [2.75, 3.05) is 19.8 Å². The van der Waals surface area contributed by atoms with Crippen LogP contribution in [0.1, 0.15) is 33.6 Å². The Kier molecular flexibility index (Phi) is 7.57. The van der Waals surface area contributed by atoms with Crippen molar-refractivity contribution in [2.45, 2.75) is 45.8 Å². The molecule has 0 aromatic heterocycles. The molecule has 1 saturated carbocycles. The van der Waals surface area contributed by atoms with E-state index < -0.39 is 6.10 Å². The maximum atomic E-state index is 12.0. The number of Topliss-reactive ketones (excluding diaryl/α,β-unsaturated/α-hetero) is 1. The van der Waals surface area contributed by atoms with Crippen LogP contribution in [-0.2, 0) is 19.1 Å². The first kappa shape index (κ1) is 17.5. The SMILES string of the molecule is CCOCCO[C@H]1C[C@@H](C(=O)C(C)C)C[C@@H]1ON(O)O. The largest absolute Gasteiger partial charge is 0.379 e. The number of rotatable bonds is 9. The van der Waals surface area contributed by atoms with Gasteiger partial charge in [0.1, 0.15) is 11.9 Å². The van der Waals surface area contributed by atoms with Crippen LogP contribution in [-0.4, -0.2) is 53.6 Å². The Morgan fingerprint density at radius 3 is 2.45 bits per heavy atom. The van der Waals surface area contributed by atoms with Crippen LogP contribution in [0, 0.1) is 11.8 Å². The van der Waals surface area contributed by atoms with Gasteiger partial charge in [0.25, 0.3) is 0 Å². The van der Waals surface area contributed by atoms with E-state index in [1.807, 2.05) is 20.8 Å². The highest BCUT2D eigenvalue weighted by Crippen LogP contribution is 2.33. The van der Waals surface area contributed by atoms with E-state index in [0.29, 0.717) is 32.7 Å². The minimum absolute atomic E-state index is 0.0535. The fourth-order valence-corrected chi connectivity index (χ4v) is 2.47. The van der Waals surface area contributed by atoms with E-state index in [4.69, 9.17) is 24.7 Å². The number of nitrogens with zero attached hydrogens (tertiary/aromatic N) is 1. The molecule has 0 unspecified atom stereocenters. The smallest absolute Gasteiger partial charge is 0.138 e. The Labute approximate surface area is 119 Å². The second kappa shape index (κ2) is 8.66. The molecule has 1 fully saturated rings. The first-order valence-corrected chi connectivity index (χ1v) is 7.03. The van der Waals surface area contributed by atoms with Gasteiger partial charge >= 0.3 is 0 Å². The summed E-state index contributed by atoms with van der Waals surface area (Å²) in [5.74, 6) is -0.0730. The summed E-state index contributed by atoms with van der Waals surface area (Å²) in [6.45, 7) is 7.07. The number of carbonyl (C=O) groups is 1. The number of ketones is 1. The number of hydrogen-bond acceptors (Lipinski definition) is 7. The summed E-state index contributed by atoms with van der Waals surface area (Å²) in [5.41, 5.74) is 0. The Morgan fingerprint density at radius 1 is 1.25 bits per heavy atom. The zero-order valence-electron chi connectivity index (χ0n) is 12.3. The van der Waals surface area contributed by atoms with Crippen molar-refractivity contribution < 1.29 is 29.5 Å². The van der Waals surface area contributed by atoms with Gasteiger partial charge in [-0.2, -0.15) is 0 Å². The molecule has 20 heavy (non-hydrogen) atoms. The summed E-state index contributed by atoms with van der Waals surface area (Å²) >= 11 is 0. The predicted molar refractivity (Wildman–Crippen MR) is 69.1 cm³/mol. The summed E-state index contributed by atoms with van der Waals surface area (Å²) in [5, 5.41) is 17.2. The van der Waals surface area contributed by atoms with Crippen molar-refractivity contribution in [3.63, 3.8) is 0 Å². The molecule has 0 radical (unpaired) electrons. The molecule has 7 heteroatoms. The topological polar surface area (TPSA) is 88.5 Å². The van der Waals surface area contributed by atoms with Crippen LogP contribution in [0.2, 0.25) is 0 Å². The molecule has 0 aliphatic heterocycles. The molecular formula is C13H25NO6. The molecule has 0 aromatic carbocycles. The van der Waals surface area contributed by atoms with E-state index >= 15 is 0 Å². The van der Waals surface area contributed by atoms with Gasteiger partial charge in [0, 0.05) is 18.4 Å². The molecule has 3 atom stereocenters. The van der Waals surface area contributed by atoms with Crippen molar-refractivity contribution in [2.24, 2.45) is 11.8 Å². The lowest BCUT2D eigenvalue weighted by Crippen LogP contribution is -2.32. The monoisotopic (exact) mass is 291 g/mol. The summed E-state index contributed by atoms with van der Waals surface area (Å²) in [7, 11) is 0. The zero-order valence-corrected chi connectivity index (χ0v) is 12.3. The highest BCUT2D eigenvalue weighted by molar-refractivity contribution is 5.83. The van der Waals surface area contributed by atoms with E-state index in [1.165, 1.54) is 0 Å². The highest BCUT2D eigenvalue weighted by atomic mass is 17.1. The van der Waals surface area contributed by atoms with Gasteiger partial charge in [0.05, 0.1) is 24.7 Å². The van der Waals surface area contributed by atoms with Gasteiger partial charge < -0.3 is 9.47 Å². The van der Waals surface area contributed by atoms with Gasteiger partial charge in [-0.1, -0.05) is 13.8 Å². The quantitative estimate of drug-likeness (QED) is 0.490. The molecule has 1 aliphatic carbocycles. The van der Waals surface area contributed by atoms with Crippen LogP contribution >= 0.6 is 0 Å². The molecule has 0 bridgehead atoms. The third-order valence-electron chi connectivity index (χ3n) is 3.41. The van der Waals surface area contributed by atoms with Crippen LogP contribution < -0.4 is 0 Å². The summed E-state index contributed by atoms with van der Waals surface area (Å²) in [4.78, 5) is 16.9. The fraction of sp³-hybridized carbons (Fsp3) is 0.923. The molecule has 118 valence electrons. The van der Waals surface area contributed by atoms with Gasteiger partial charge in [-0.3, -0.25) is 15.2 Å². The van der Waals surface area contributed by atoms with Crippen LogP contribution in [0.4, 0.5) is 0 Å². The van der Waals surface area contributed by atoms with Crippen LogP contribution in [0.25, 0.3) is 0 Å². The average Bonchev–Trinajstić information content (AvgIpc) is 2.76. The molecule has 0 saturated heterocycles. The standard InChI is InChI=1S/C13H25NO6/c1-4-18-5-6-19-11-7-10(13(15)9(2)3)8-12(11)20-14(16)17/h9-12,16-17H,4-8H2,1-3H3/t10-,11+,12+/m1/s1. The van der Waals surface area contributed by atoms with Crippen molar-refractivity contribution in [3.05, 3.63) is 0 Å². The van der Waals surface area contributed by atoms with E-state index in [2.05, 4.69) is 0 Å². The van der Waals surface area contributed by atoms with E-state index in [9.17, 15) is 4.79 Å². The average molecular weight is 291 g/mol. The van der Waals surface area contributed by atoms with Crippen LogP contribution in [0.3, 0.4) is 0 Å². The Hall–Kier alpha value is -0.570. The van der Waals surface area contributed by atoms with Gasteiger partial charge in [-0.15, -0.1) is 0 Å². The summed E-state index contributed by atoms with van der Waals surface area (Å²) in [6.07, 6.45) is 0.0690. The van der Waals surface area contributed by atoms with Gasteiger partial charge in [-0.05, 0) is 19.8 Å². The number of hydrogen-bond donors (Lipinski definition) is 2. The number of ether oxygens (including phenoxy) is 2. The number of carbonyl (C=O) groups excluding carboxylic acids is 1. The first-order chi connectivity index (χ1) is 9.45. The lowest BCUT2D eigenvalue weighted by molar-refractivity contribution is -0.508. The van der Waals surface area contributed by atoms with Crippen molar-refractivity contribution in [1.29, 1.82) is 0 Å². The maximum Gasteiger partial charge on any atom is 0.138 e. The maximum absolute atomic E-state index is 12.0. The van der Waals surface area contributed by atoms with Crippen molar-refractivity contribution in [3.8, 4) is 0 Å². The van der Waals surface area contributed by atoms with Gasteiger partial charge in [0.15, 0.2) is 0 Å². The zero-order chi connectivity index (χ0) is 15.1. The molecule has 0 aromatic rings. The molecule has 0 spiro atoms. The lowest BCUT2D eigenvalue weighted by atomic mass is 9.94. The molecule has 1 aliphatic rings. The second-order valence-corrected chi connectivity index (χ2v) is 5.23. The minimum Gasteiger partial charge on any atom is -0.379 e. The van der Waals surface area contributed by atoms with Gasteiger partial charge in [-0.25, -0.2) is 4.84 Å². The summed E-state index contributed by atoms with van der Waals surface area (Å²) in [6, 6.07) is 0. The third kappa shape index (κ3) is 5.43. The van der Waals surface area contributed by atoms with Crippen LogP contribution in [0.5, 0.6) is 0 Å².